The molecular weight excluding hydrogens is 224 g/mol. The summed E-state index contributed by atoms with van der Waals surface area (Å²) in [7, 11) is 0. The summed E-state index contributed by atoms with van der Waals surface area (Å²) in [5, 5.41) is 13.4. The number of aliphatic hydroxyl groups is 1. The van der Waals surface area contributed by atoms with Gasteiger partial charge in [-0.2, -0.15) is 0 Å². The zero-order valence-electron chi connectivity index (χ0n) is 9.19. The summed E-state index contributed by atoms with van der Waals surface area (Å²) in [4.78, 5) is 3.96. The van der Waals surface area contributed by atoms with Gasteiger partial charge in [0, 0.05) is 31.6 Å². The number of hydrogen-bond acceptors (Lipinski definition) is 3. The molecule has 0 aromatic carbocycles. The average Bonchev–Trinajstić information content (AvgIpc) is 2.75. The van der Waals surface area contributed by atoms with E-state index in [2.05, 4.69) is 10.3 Å². The average molecular weight is 241 g/mol. The van der Waals surface area contributed by atoms with Gasteiger partial charge in [0.15, 0.2) is 0 Å². The number of halogens is 1. The predicted octanol–water partition coefficient (Wildman–Crippen LogP) is 1.99. The van der Waals surface area contributed by atoms with Gasteiger partial charge in [-0.1, -0.05) is 18.0 Å². The Labute approximate surface area is 101 Å². The van der Waals surface area contributed by atoms with E-state index in [1.54, 1.807) is 12.4 Å². The van der Waals surface area contributed by atoms with Crippen molar-refractivity contribution in [3.63, 3.8) is 0 Å². The lowest BCUT2D eigenvalue weighted by atomic mass is 10.0. The molecule has 1 aliphatic carbocycles. The lowest BCUT2D eigenvalue weighted by molar-refractivity contribution is 0.205. The Morgan fingerprint density at radius 1 is 1.50 bits per heavy atom. The first-order valence-corrected chi connectivity index (χ1v) is 6.11. The second-order valence-electron chi connectivity index (χ2n) is 4.33. The maximum absolute atomic E-state index is 9.21. The number of nitrogens with one attached hydrogen (secondary N) is 1. The monoisotopic (exact) mass is 240 g/mol. The SMILES string of the molecule is OCC1CCCC1NCc1ccncc1Cl. The zero-order chi connectivity index (χ0) is 11.4. The topological polar surface area (TPSA) is 45.1 Å². The van der Waals surface area contributed by atoms with Gasteiger partial charge >= 0.3 is 0 Å². The van der Waals surface area contributed by atoms with Crippen LogP contribution in [-0.4, -0.2) is 22.7 Å². The van der Waals surface area contributed by atoms with Crippen molar-refractivity contribution in [3.05, 3.63) is 29.0 Å². The summed E-state index contributed by atoms with van der Waals surface area (Å²) in [5.74, 6) is 0.403. The van der Waals surface area contributed by atoms with Gasteiger partial charge in [0.25, 0.3) is 0 Å². The molecular formula is C12H17ClN2O. The van der Waals surface area contributed by atoms with Gasteiger partial charge in [-0.15, -0.1) is 0 Å². The van der Waals surface area contributed by atoms with Crippen LogP contribution in [0.25, 0.3) is 0 Å². The van der Waals surface area contributed by atoms with Gasteiger partial charge in [-0.3, -0.25) is 4.98 Å². The van der Waals surface area contributed by atoms with Crippen molar-refractivity contribution in [1.82, 2.24) is 10.3 Å². The van der Waals surface area contributed by atoms with Crippen molar-refractivity contribution >= 4 is 11.6 Å². The Hall–Kier alpha value is -0.640. The largest absolute Gasteiger partial charge is 0.396 e. The molecule has 1 fully saturated rings. The molecule has 0 spiro atoms. The van der Waals surface area contributed by atoms with E-state index in [1.165, 1.54) is 6.42 Å². The van der Waals surface area contributed by atoms with Crippen LogP contribution in [0.4, 0.5) is 0 Å². The van der Waals surface area contributed by atoms with Crippen molar-refractivity contribution < 1.29 is 5.11 Å². The Balaban J connectivity index is 1.90. The Morgan fingerprint density at radius 3 is 3.12 bits per heavy atom. The van der Waals surface area contributed by atoms with Crippen LogP contribution in [0.2, 0.25) is 5.02 Å². The highest BCUT2D eigenvalue weighted by molar-refractivity contribution is 6.31. The number of aliphatic hydroxyl groups excluding tert-OH is 1. The third-order valence-electron chi connectivity index (χ3n) is 3.30. The van der Waals surface area contributed by atoms with E-state index >= 15 is 0 Å². The highest BCUT2D eigenvalue weighted by Crippen LogP contribution is 2.25. The summed E-state index contributed by atoms with van der Waals surface area (Å²) in [6, 6.07) is 2.35. The number of aromatic nitrogens is 1. The van der Waals surface area contributed by atoms with Crippen LogP contribution < -0.4 is 5.32 Å². The molecule has 0 aliphatic heterocycles. The summed E-state index contributed by atoms with van der Waals surface area (Å²) in [6.07, 6.45) is 6.89. The van der Waals surface area contributed by atoms with Gasteiger partial charge in [-0.25, -0.2) is 0 Å². The lowest BCUT2D eigenvalue weighted by Gasteiger charge is -2.19. The van der Waals surface area contributed by atoms with E-state index in [4.69, 9.17) is 11.6 Å². The number of hydrogen-bond donors (Lipinski definition) is 2. The fourth-order valence-corrected chi connectivity index (χ4v) is 2.50. The van der Waals surface area contributed by atoms with Gasteiger partial charge in [0.05, 0.1) is 5.02 Å². The van der Waals surface area contributed by atoms with Crippen molar-refractivity contribution in [2.24, 2.45) is 5.92 Å². The highest BCUT2D eigenvalue weighted by Gasteiger charge is 2.25. The minimum absolute atomic E-state index is 0.280. The molecule has 1 heterocycles. The van der Waals surface area contributed by atoms with E-state index in [9.17, 15) is 5.11 Å². The molecule has 1 aromatic rings. The number of pyridine rings is 1. The lowest BCUT2D eigenvalue weighted by Crippen LogP contribution is -2.33. The molecule has 2 N–H and O–H groups in total. The minimum Gasteiger partial charge on any atom is -0.396 e. The number of rotatable bonds is 4. The summed E-state index contributed by atoms with van der Waals surface area (Å²) in [5.41, 5.74) is 1.07. The molecule has 3 nitrogen and oxygen atoms in total. The molecule has 0 saturated heterocycles. The van der Waals surface area contributed by atoms with Crippen LogP contribution >= 0.6 is 11.6 Å². The van der Waals surface area contributed by atoms with Gasteiger partial charge in [-0.05, 0) is 30.4 Å². The standard InChI is InChI=1S/C12H17ClN2O/c13-11-7-14-5-4-9(11)6-15-12-3-1-2-10(12)8-16/h4-5,7,10,12,15-16H,1-3,6,8H2. The fraction of sp³-hybridized carbons (Fsp3) is 0.583. The zero-order valence-corrected chi connectivity index (χ0v) is 9.95. The smallest absolute Gasteiger partial charge is 0.0634 e. The van der Waals surface area contributed by atoms with Crippen LogP contribution in [0.15, 0.2) is 18.5 Å². The molecule has 2 unspecified atom stereocenters. The molecule has 0 bridgehead atoms. The maximum atomic E-state index is 9.21. The first-order valence-electron chi connectivity index (χ1n) is 5.74. The first-order chi connectivity index (χ1) is 7.81. The second-order valence-corrected chi connectivity index (χ2v) is 4.74. The highest BCUT2D eigenvalue weighted by atomic mass is 35.5. The summed E-state index contributed by atoms with van der Waals surface area (Å²) >= 11 is 6.03. The van der Waals surface area contributed by atoms with Crippen molar-refractivity contribution in [2.45, 2.75) is 31.8 Å². The summed E-state index contributed by atoms with van der Waals surface area (Å²) in [6.45, 7) is 1.03. The molecule has 16 heavy (non-hydrogen) atoms. The third kappa shape index (κ3) is 2.73. The second kappa shape index (κ2) is 5.62. The van der Waals surface area contributed by atoms with Gasteiger partial charge in [0.2, 0.25) is 0 Å². The molecule has 2 atom stereocenters. The van der Waals surface area contributed by atoms with E-state index in [-0.39, 0.29) is 6.61 Å². The molecule has 1 saturated carbocycles. The van der Waals surface area contributed by atoms with E-state index < -0.39 is 0 Å². The van der Waals surface area contributed by atoms with E-state index in [0.29, 0.717) is 17.0 Å². The minimum atomic E-state index is 0.280. The predicted molar refractivity (Wildman–Crippen MR) is 64.3 cm³/mol. The Kier molecular flexibility index (Phi) is 4.16. The van der Waals surface area contributed by atoms with Crippen molar-refractivity contribution in [1.29, 1.82) is 0 Å². The van der Waals surface area contributed by atoms with Crippen LogP contribution in [0.5, 0.6) is 0 Å². The molecule has 0 amide bonds. The molecule has 88 valence electrons. The Bertz CT molecular complexity index is 346. The number of nitrogens with zero attached hydrogens (tertiary/aromatic N) is 1. The van der Waals surface area contributed by atoms with Crippen LogP contribution in [0, 0.1) is 5.92 Å². The quantitative estimate of drug-likeness (QED) is 0.846. The molecule has 2 rings (SSSR count). The van der Waals surface area contributed by atoms with E-state index in [0.717, 1.165) is 24.9 Å². The molecule has 1 aliphatic rings. The first kappa shape index (κ1) is 11.8. The van der Waals surface area contributed by atoms with Gasteiger partial charge < -0.3 is 10.4 Å². The van der Waals surface area contributed by atoms with Gasteiger partial charge in [0.1, 0.15) is 0 Å². The molecule has 1 aromatic heterocycles. The third-order valence-corrected chi connectivity index (χ3v) is 3.65. The van der Waals surface area contributed by atoms with Crippen LogP contribution in [0.3, 0.4) is 0 Å². The molecule has 4 heteroatoms. The Morgan fingerprint density at radius 2 is 2.38 bits per heavy atom. The fourth-order valence-electron chi connectivity index (χ4n) is 2.31. The normalized spacial score (nSPS) is 24.9. The van der Waals surface area contributed by atoms with Crippen molar-refractivity contribution in [2.75, 3.05) is 6.61 Å². The van der Waals surface area contributed by atoms with Crippen LogP contribution in [0.1, 0.15) is 24.8 Å². The van der Waals surface area contributed by atoms with Crippen LogP contribution in [-0.2, 0) is 6.54 Å². The molecule has 0 radical (unpaired) electrons. The maximum Gasteiger partial charge on any atom is 0.0634 e. The van der Waals surface area contributed by atoms with E-state index in [1.807, 2.05) is 6.07 Å². The summed E-state index contributed by atoms with van der Waals surface area (Å²) < 4.78 is 0. The van der Waals surface area contributed by atoms with Crippen molar-refractivity contribution in [3.8, 4) is 0 Å².